The highest BCUT2D eigenvalue weighted by Crippen LogP contribution is 2.42. The molecule has 0 spiro atoms. The van der Waals surface area contributed by atoms with Gasteiger partial charge in [0.15, 0.2) is 11.5 Å². The average Bonchev–Trinajstić information content (AvgIpc) is 3.47. The van der Waals surface area contributed by atoms with Crippen molar-refractivity contribution >= 4 is 28.3 Å². The minimum Gasteiger partial charge on any atom is -0.493 e. The van der Waals surface area contributed by atoms with E-state index in [4.69, 9.17) is 25.8 Å². The molecule has 2 aromatic heterocycles. The fourth-order valence-corrected chi connectivity index (χ4v) is 5.50. The minimum absolute atomic E-state index is 0.706. The summed E-state index contributed by atoms with van der Waals surface area (Å²) in [4.78, 5) is 2.48. The van der Waals surface area contributed by atoms with Crippen LogP contribution in [0.2, 0.25) is 5.02 Å². The van der Waals surface area contributed by atoms with Crippen molar-refractivity contribution in [1.82, 2.24) is 13.9 Å². The molecule has 37 heavy (non-hydrogen) atoms. The van der Waals surface area contributed by atoms with Crippen molar-refractivity contribution in [1.29, 1.82) is 0 Å². The Morgan fingerprint density at radius 1 is 0.811 bits per heavy atom. The van der Waals surface area contributed by atoms with Gasteiger partial charge in [-0.15, -0.1) is 0 Å². The van der Waals surface area contributed by atoms with E-state index in [1.807, 2.05) is 18.2 Å². The maximum Gasteiger partial charge on any atom is 0.161 e. The van der Waals surface area contributed by atoms with Gasteiger partial charge in [0, 0.05) is 48.5 Å². The predicted octanol–water partition coefficient (Wildman–Crippen LogP) is 6.23. The van der Waals surface area contributed by atoms with E-state index in [9.17, 15) is 0 Å². The molecule has 0 atom stereocenters. The van der Waals surface area contributed by atoms with Crippen LogP contribution in [-0.2, 0) is 11.3 Å². The van der Waals surface area contributed by atoms with Crippen molar-refractivity contribution in [3.05, 3.63) is 77.9 Å². The lowest BCUT2D eigenvalue weighted by Gasteiger charge is -2.26. The summed E-state index contributed by atoms with van der Waals surface area (Å²) in [7, 11) is 3.34. The molecule has 7 heteroatoms. The molecular formula is C30H30ClN3O3. The lowest BCUT2D eigenvalue weighted by atomic mass is 9.98. The van der Waals surface area contributed by atoms with Gasteiger partial charge in [0.25, 0.3) is 0 Å². The largest absolute Gasteiger partial charge is 0.493 e. The van der Waals surface area contributed by atoms with Crippen molar-refractivity contribution in [3.63, 3.8) is 0 Å². The van der Waals surface area contributed by atoms with Crippen LogP contribution in [0.4, 0.5) is 0 Å². The summed E-state index contributed by atoms with van der Waals surface area (Å²) in [6.45, 7) is 5.37. The molecular weight excluding hydrogens is 486 g/mol. The fraction of sp³-hybridized carbons (Fsp3) is 0.267. The lowest BCUT2D eigenvalue weighted by molar-refractivity contribution is 0.0366. The molecule has 1 aliphatic rings. The van der Waals surface area contributed by atoms with E-state index in [1.165, 1.54) is 11.0 Å². The number of methoxy groups -OCH3 is 2. The lowest BCUT2D eigenvalue weighted by Crippen LogP contribution is -2.38. The Labute approximate surface area is 221 Å². The first-order chi connectivity index (χ1) is 18.2. The molecule has 5 aromatic rings. The third-order valence-corrected chi connectivity index (χ3v) is 7.49. The first-order valence-electron chi connectivity index (χ1n) is 12.6. The summed E-state index contributed by atoms with van der Waals surface area (Å²) in [5.41, 5.74) is 8.04. The molecule has 0 aliphatic carbocycles. The summed E-state index contributed by atoms with van der Waals surface area (Å²) >= 11 is 6.25. The SMILES string of the molecule is COc1ccc(-c2c(-c3ccc(Cl)cc3)cn3c4ccccc4n(CCN4CCOCC4)c23)cc1OC. The molecule has 1 aliphatic heterocycles. The second-order valence-corrected chi connectivity index (χ2v) is 9.72. The zero-order chi connectivity index (χ0) is 25.4. The van der Waals surface area contributed by atoms with Gasteiger partial charge in [-0.05, 0) is 47.5 Å². The maximum atomic E-state index is 6.25. The molecule has 0 radical (unpaired) electrons. The van der Waals surface area contributed by atoms with Gasteiger partial charge in [-0.25, -0.2) is 0 Å². The molecule has 0 unspecified atom stereocenters. The smallest absolute Gasteiger partial charge is 0.161 e. The number of ether oxygens (including phenoxy) is 3. The van der Waals surface area contributed by atoms with Crippen LogP contribution in [0.15, 0.2) is 72.9 Å². The first kappa shape index (κ1) is 23.9. The number of morpholine rings is 1. The summed E-state index contributed by atoms with van der Waals surface area (Å²) in [6, 6.07) is 22.8. The standard InChI is InChI=1S/C30H30ClN3O3/c1-35-27-12-9-22(19-28(27)36-2)29-24(21-7-10-23(31)11-8-21)20-34-26-6-4-3-5-25(26)33(30(29)34)14-13-32-15-17-37-18-16-32/h3-12,19-20H,13-18H2,1-2H3. The highest BCUT2D eigenvalue weighted by molar-refractivity contribution is 6.30. The van der Waals surface area contributed by atoms with Crippen LogP contribution in [0.1, 0.15) is 0 Å². The van der Waals surface area contributed by atoms with E-state index in [0.29, 0.717) is 11.5 Å². The van der Waals surface area contributed by atoms with E-state index < -0.39 is 0 Å². The van der Waals surface area contributed by atoms with Crippen LogP contribution in [0.5, 0.6) is 11.5 Å². The zero-order valence-corrected chi connectivity index (χ0v) is 21.9. The number of hydrogen-bond acceptors (Lipinski definition) is 4. The monoisotopic (exact) mass is 515 g/mol. The molecule has 0 bridgehead atoms. The third-order valence-electron chi connectivity index (χ3n) is 7.24. The summed E-state index contributed by atoms with van der Waals surface area (Å²) in [5.74, 6) is 1.42. The molecule has 6 rings (SSSR count). The number of aromatic nitrogens is 2. The second kappa shape index (κ2) is 10.1. The quantitative estimate of drug-likeness (QED) is 0.257. The molecule has 3 heterocycles. The number of halogens is 1. The Kier molecular flexibility index (Phi) is 6.55. The van der Waals surface area contributed by atoms with E-state index in [2.05, 4.69) is 68.6 Å². The normalized spacial score (nSPS) is 14.5. The van der Waals surface area contributed by atoms with Gasteiger partial charge in [0.2, 0.25) is 0 Å². The summed E-state index contributed by atoms with van der Waals surface area (Å²) in [6.07, 6.45) is 2.25. The van der Waals surface area contributed by atoms with Crippen LogP contribution in [-0.4, -0.2) is 60.9 Å². The molecule has 1 fully saturated rings. The number of fused-ring (bicyclic) bond motifs is 3. The van der Waals surface area contributed by atoms with Gasteiger partial charge in [-0.2, -0.15) is 0 Å². The number of imidazole rings is 1. The number of benzene rings is 3. The Morgan fingerprint density at radius 3 is 2.24 bits per heavy atom. The Balaban J connectivity index is 1.60. The molecule has 0 N–H and O–H groups in total. The van der Waals surface area contributed by atoms with Crippen molar-refractivity contribution < 1.29 is 14.2 Å². The van der Waals surface area contributed by atoms with Gasteiger partial charge in [-0.1, -0.05) is 41.9 Å². The van der Waals surface area contributed by atoms with Crippen molar-refractivity contribution in [2.45, 2.75) is 6.54 Å². The zero-order valence-electron chi connectivity index (χ0n) is 21.1. The van der Waals surface area contributed by atoms with E-state index in [0.717, 1.165) is 72.3 Å². The Bertz CT molecular complexity index is 1550. The van der Waals surface area contributed by atoms with Crippen molar-refractivity contribution in [2.24, 2.45) is 0 Å². The second-order valence-electron chi connectivity index (χ2n) is 9.28. The van der Waals surface area contributed by atoms with Crippen LogP contribution < -0.4 is 9.47 Å². The topological polar surface area (TPSA) is 40.3 Å². The van der Waals surface area contributed by atoms with Gasteiger partial charge in [0.1, 0.15) is 5.65 Å². The summed E-state index contributed by atoms with van der Waals surface area (Å²) in [5, 5.41) is 0.723. The van der Waals surface area contributed by atoms with Gasteiger partial charge >= 0.3 is 0 Å². The van der Waals surface area contributed by atoms with Gasteiger partial charge < -0.3 is 18.8 Å². The number of nitrogens with zero attached hydrogens (tertiary/aromatic N) is 3. The van der Waals surface area contributed by atoms with Crippen LogP contribution in [0.3, 0.4) is 0 Å². The first-order valence-corrected chi connectivity index (χ1v) is 13.0. The molecule has 190 valence electrons. The van der Waals surface area contributed by atoms with Gasteiger partial charge in [-0.3, -0.25) is 9.30 Å². The number of para-hydroxylation sites is 2. The van der Waals surface area contributed by atoms with Crippen molar-refractivity contribution in [3.8, 4) is 33.8 Å². The van der Waals surface area contributed by atoms with Gasteiger partial charge in [0.05, 0.1) is 38.5 Å². The van der Waals surface area contributed by atoms with E-state index in [-0.39, 0.29) is 0 Å². The van der Waals surface area contributed by atoms with Crippen molar-refractivity contribution in [2.75, 3.05) is 47.1 Å². The number of rotatable bonds is 7. The van der Waals surface area contributed by atoms with Crippen LogP contribution >= 0.6 is 11.6 Å². The van der Waals surface area contributed by atoms with E-state index >= 15 is 0 Å². The van der Waals surface area contributed by atoms with Crippen LogP contribution in [0, 0.1) is 0 Å². The number of hydrogen-bond donors (Lipinski definition) is 0. The molecule has 6 nitrogen and oxygen atoms in total. The van der Waals surface area contributed by atoms with Crippen LogP contribution in [0.25, 0.3) is 38.9 Å². The molecule has 3 aromatic carbocycles. The minimum atomic E-state index is 0.706. The average molecular weight is 516 g/mol. The highest BCUT2D eigenvalue weighted by atomic mass is 35.5. The fourth-order valence-electron chi connectivity index (χ4n) is 5.37. The molecule has 0 saturated carbocycles. The maximum absolute atomic E-state index is 6.25. The molecule has 0 amide bonds. The molecule has 1 saturated heterocycles. The summed E-state index contributed by atoms with van der Waals surface area (Å²) < 4.78 is 21.6. The highest BCUT2D eigenvalue weighted by Gasteiger charge is 2.23. The third kappa shape index (κ3) is 4.35. The Hall–Kier alpha value is -3.45. The predicted molar refractivity (Wildman–Crippen MR) is 149 cm³/mol. The Morgan fingerprint density at radius 2 is 1.51 bits per heavy atom. The van der Waals surface area contributed by atoms with E-state index in [1.54, 1.807) is 14.2 Å².